The van der Waals surface area contributed by atoms with Crippen molar-refractivity contribution < 1.29 is 52.8 Å². The minimum absolute atomic E-state index is 0.0380. The summed E-state index contributed by atoms with van der Waals surface area (Å²) in [6, 6.07) is -1.04. The maximum Gasteiger partial charge on any atom is 0.303 e. The van der Waals surface area contributed by atoms with E-state index in [0.29, 0.717) is 12.8 Å². The Bertz CT molecular complexity index is 665. The van der Waals surface area contributed by atoms with Crippen molar-refractivity contribution in [1.82, 2.24) is 5.32 Å². The number of carbonyl (C=O) groups is 5. The Morgan fingerprint density at radius 2 is 1.52 bits per heavy atom. The number of unbranched alkanes of at least 4 members (excludes halogenated alkanes) is 1. The van der Waals surface area contributed by atoms with Crippen LogP contribution in [-0.2, 0) is 47.7 Å². The summed E-state index contributed by atoms with van der Waals surface area (Å²) in [5, 5.41) is 11.3. The summed E-state index contributed by atoms with van der Waals surface area (Å²) in [4.78, 5) is 57.0. The lowest BCUT2D eigenvalue weighted by atomic mass is 9.96. The van der Waals surface area contributed by atoms with Crippen LogP contribution in [0.4, 0.5) is 0 Å². The largest absolute Gasteiger partial charge is 0.481 e. The molecule has 0 saturated carbocycles. The number of hydrogen-bond acceptors (Lipinski definition) is 10. The van der Waals surface area contributed by atoms with Gasteiger partial charge in [-0.25, -0.2) is 0 Å². The van der Waals surface area contributed by atoms with Crippen molar-refractivity contribution in [2.45, 2.75) is 77.6 Å². The van der Waals surface area contributed by atoms with E-state index in [2.05, 4.69) is 5.32 Å². The van der Waals surface area contributed by atoms with E-state index in [1.807, 2.05) is 0 Å². The number of nitrogens with one attached hydrogen (secondary N) is 1. The number of ether oxygens (including phenoxy) is 5. The third kappa shape index (κ3) is 9.75. The molecule has 176 valence electrons. The molecule has 1 amide bonds. The number of amides is 1. The van der Waals surface area contributed by atoms with Crippen molar-refractivity contribution in [3.05, 3.63) is 0 Å². The molecule has 0 radical (unpaired) electrons. The van der Waals surface area contributed by atoms with Crippen LogP contribution in [0, 0.1) is 0 Å². The van der Waals surface area contributed by atoms with Crippen LogP contribution >= 0.6 is 0 Å². The van der Waals surface area contributed by atoms with Crippen LogP contribution < -0.4 is 5.32 Å². The molecular formula is C19H29NO11. The van der Waals surface area contributed by atoms with Gasteiger partial charge in [0.05, 0.1) is 0 Å². The molecule has 1 saturated heterocycles. The van der Waals surface area contributed by atoms with E-state index in [9.17, 15) is 24.0 Å². The minimum atomic E-state index is -1.19. The molecule has 0 aromatic carbocycles. The van der Waals surface area contributed by atoms with E-state index in [1.165, 1.54) is 13.8 Å². The maximum absolute atomic E-state index is 11.8. The molecule has 0 bridgehead atoms. The zero-order chi connectivity index (χ0) is 23.6. The van der Waals surface area contributed by atoms with Crippen LogP contribution in [0.1, 0.15) is 47.0 Å². The van der Waals surface area contributed by atoms with Crippen LogP contribution in [0.25, 0.3) is 0 Å². The van der Waals surface area contributed by atoms with Crippen molar-refractivity contribution in [1.29, 1.82) is 0 Å². The van der Waals surface area contributed by atoms with E-state index in [-0.39, 0.29) is 19.6 Å². The zero-order valence-corrected chi connectivity index (χ0v) is 18.0. The predicted molar refractivity (Wildman–Crippen MR) is 101 cm³/mol. The van der Waals surface area contributed by atoms with Crippen molar-refractivity contribution in [2.24, 2.45) is 0 Å². The monoisotopic (exact) mass is 447 g/mol. The first-order valence-electron chi connectivity index (χ1n) is 9.75. The second-order valence-electron chi connectivity index (χ2n) is 6.94. The van der Waals surface area contributed by atoms with Crippen LogP contribution in [0.2, 0.25) is 0 Å². The number of carboxylic acid groups (broad SMARTS) is 1. The summed E-state index contributed by atoms with van der Waals surface area (Å²) in [5.74, 6) is -3.43. The number of hydrogen-bond donors (Lipinski definition) is 2. The first-order chi connectivity index (χ1) is 14.5. The van der Waals surface area contributed by atoms with Crippen LogP contribution in [0.5, 0.6) is 0 Å². The van der Waals surface area contributed by atoms with Crippen molar-refractivity contribution in [2.75, 3.05) is 13.2 Å². The molecule has 2 N–H and O–H groups in total. The van der Waals surface area contributed by atoms with Crippen molar-refractivity contribution in [3.8, 4) is 0 Å². The van der Waals surface area contributed by atoms with Gasteiger partial charge in [-0.2, -0.15) is 0 Å². The lowest BCUT2D eigenvalue weighted by molar-refractivity contribution is -0.277. The van der Waals surface area contributed by atoms with Gasteiger partial charge in [0.15, 0.2) is 18.5 Å². The highest BCUT2D eigenvalue weighted by Gasteiger charge is 2.51. The highest BCUT2D eigenvalue weighted by Crippen LogP contribution is 2.28. The average molecular weight is 447 g/mol. The van der Waals surface area contributed by atoms with E-state index in [0.717, 1.165) is 13.8 Å². The first-order valence-corrected chi connectivity index (χ1v) is 9.75. The summed E-state index contributed by atoms with van der Waals surface area (Å²) in [7, 11) is 0. The van der Waals surface area contributed by atoms with Gasteiger partial charge in [0, 0.05) is 40.7 Å². The molecule has 0 unspecified atom stereocenters. The highest BCUT2D eigenvalue weighted by molar-refractivity contribution is 5.73. The second kappa shape index (κ2) is 12.8. The molecule has 0 aliphatic carbocycles. The Balaban J connectivity index is 3.11. The van der Waals surface area contributed by atoms with E-state index < -0.39 is 60.4 Å². The Morgan fingerprint density at radius 1 is 0.903 bits per heavy atom. The van der Waals surface area contributed by atoms with E-state index >= 15 is 0 Å². The third-order valence-electron chi connectivity index (χ3n) is 4.14. The van der Waals surface area contributed by atoms with Crippen LogP contribution in [0.15, 0.2) is 0 Å². The minimum Gasteiger partial charge on any atom is -0.481 e. The Morgan fingerprint density at radius 3 is 2.03 bits per heavy atom. The normalized spacial score (nSPS) is 25.2. The molecule has 0 spiro atoms. The standard InChI is InChI=1S/C19H29NO11/c1-10(21)20-16-18(30-13(4)24)17(29-12(3)23)14(9-28-11(2)22)31-19(16)27-8-6-5-7-15(25)26/h14,16-19H,5-9H2,1-4H3,(H,20,21)(H,25,26)/t14-,16-,17+,18-,19-/m1/s1. The molecule has 1 aliphatic rings. The molecule has 0 aromatic rings. The average Bonchev–Trinajstić information content (AvgIpc) is 2.62. The lowest BCUT2D eigenvalue weighted by Gasteiger charge is -2.44. The molecule has 1 heterocycles. The summed E-state index contributed by atoms with van der Waals surface area (Å²) in [6.45, 7) is 4.47. The first kappa shape index (κ1) is 26.3. The lowest BCUT2D eigenvalue weighted by Crippen LogP contribution is -2.66. The van der Waals surface area contributed by atoms with Crippen molar-refractivity contribution in [3.63, 3.8) is 0 Å². The molecule has 31 heavy (non-hydrogen) atoms. The summed E-state index contributed by atoms with van der Waals surface area (Å²) >= 11 is 0. The predicted octanol–water partition coefficient (Wildman–Crippen LogP) is -0.0860. The van der Waals surface area contributed by atoms with Gasteiger partial charge in [-0.1, -0.05) is 0 Å². The molecule has 1 fully saturated rings. The number of rotatable bonds is 11. The molecule has 1 rings (SSSR count). The number of aliphatic carboxylic acids is 1. The smallest absolute Gasteiger partial charge is 0.303 e. The molecule has 0 aromatic heterocycles. The summed E-state index contributed by atoms with van der Waals surface area (Å²) in [5.41, 5.74) is 0. The highest BCUT2D eigenvalue weighted by atomic mass is 16.7. The van der Waals surface area contributed by atoms with Gasteiger partial charge in [-0.05, 0) is 12.8 Å². The number of carboxylic acids is 1. The SMILES string of the molecule is CC(=O)N[C@H]1[C@H](OCCCCC(=O)O)O[C@H](COC(C)=O)[C@H](OC(C)=O)[C@@H]1OC(C)=O. The quantitative estimate of drug-likeness (QED) is 0.247. The Kier molecular flexibility index (Phi) is 10.9. The number of esters is 3. The van der Waals surface area contributed by atoms with Gasteiger partial charge in [-0.15, -0.1) is 0 Å². The van der Waals surface area contributed by atoms with Gasteiger partial charge in [-0.3, -0.25) is 24.0 Å². The fraction of sp³-hybridized carbons (Fsp3) is 0.737. The molecule has 1 aliphatic heterocycles. The molecule has 5 atom stereocenters. The Labute approximate surface area is 179 Å². The second-order valence-corrected chi connectivity index (χ2v) is 6.94. The maximum atomic E-state index is 11.8. The van der Waals surface area contributed by atoms with E-state index in [1.54, 1.807) is 0 Å². The van der Waals surface area contributed by atoms with Crippen LogP contribution in [-0.4, -0.2) is 78.7 Å². The molecular weight excluding hydrogens is 418 g/mol. The van der Waals surface area contributed by atoms with Gasteiger partial charge < -0.3 is 34.1 Å². The van der Waals surface area contributed by atoms with Crippen molar-refractivity contribution >= 4 is 29.8 Å². The topological polar surface area (TPSA) is 164 Å². The van der Waals surface area contributed by atoms with E-state index in [4.69, 9.17) is 28.8 Å². The van der Waals surface area contributed by atoms with Gasteiger partial charge in [0.1, 0.15) is 18.8 Å². The van der Waals surface area contributed by atoms with Gasteiger partial charge in [0.2, 0.25) is 5.91 Å². The van der Waals surface area contributed by atoms with Crippen LogP contribution in [0.3, 0.4) is 0 Å². The zero-order valence-electron chi connectivity index (χ0n) is 18.0. The Hall–Kier alpha value is -2.73. The van der Waals surface area contributed by atoms with Gasteiger partial charge >= 0.3 is 23.9 Å². The molecule has 12 heteroatoms. The molecule has 12 nitrogen and oxygen atoms in total. The third-order valence-corrected chi connectivity index (χ3v) is 4.14. The number of carbonyl (C=O) groups excluding carboxylic acids is 4. The summed E-state index contributed by atoms with van der Waals surface area (Å²) < 4.78 is 27.1. The fourth-order valence-electron chi connectivity index (χ4n) is 3.01. The summed E-state index contributed by atoms with van der Waals surface area (Å²) in [6.07, 6.45) is -3.87. The van der Waals surface area contributed by atoms with Gasteiger partial charge in [0.25, 0.3) is 0 Å². The fourth-order valence-corrected chi connectivity index (χ4v) is 3.01.